The maximum absolute atomic E-state index is 12.0. The first-order valence-corrected chi connectivity index (χ1v) is 9.39. The van der Waals surface area contributed by atoms with Gasteiger partial charge in [0.15, 0.2) is 9.84 Å². The molecule has 2 heterocycles. The Kier molecular flexibility index (Phi) is 4.29. The largest absolute Gasteiger partial charge is 0.329 e. The summed E-state index contributed by atoms with van der Waals surface area (Å²) in [6.45, 7) is 7.00. The molecule has 4 nitrogen and oxygen atoms in total. The molecule has 2 N–H and O–H groups in total. The molecule has 0 bridgehead atoms. The molecule has 5 heteroatoms. The van der Waals surface area contributed by atoms with Crippen molar-refractivity contribution in [2.45, 2.75) is 51.5 Å². The summed E-state index contributed by atoms with van der Waals surface area (Å²) in [5.74, 6) is 0.606. The van der Waals surface area contributed by atoms with E-state index in [1.54, 1.807) is 0 Å². The van der Waals surface area contributed by atoms with Gasteiger partial charge in [-0.15, -0.1) is 0 Å². The third kappa shape index (κ3) is 2.83. The van der Waals surface area contributed by atoms with Gasteiger partial charge in [0.05, 0.1) is 11.5 Å². The minimum atomic E-state index is -2.91. The average molecular weight is 288 g/mol. The molecule has 0 aromatic rings. The third-order valence-electron chi connectivity index (χ3n) is 5.58. The first-order chi connectivity index (χ1) is 8.91. The van der Waals surface area contributed by atoms with Gasteiger partial charge in [0.25, 0.3) is 0 Å². The van der Waals surface area contributed by atoms with Crippen LogP contribution in [-0.4, -0.2) is 50.0 Å². The second-order valence-corrected chi connectivity index (χ2v) is 8.69. The van der Waals surface area contributed by atoms with Crippen molar-refractivity contribution in [2.75, 3.05) is 31.1 Å². The molecule has 0 amide bonds. The molecule has 2 rings (SSSR count). The summed E-state index contributed by atoms with van der Waals surface area (Å²) >= 11 is 0. The molecule has 19 heavy (non-hydrogen) atoms. The van der Waals surface area contributed by atoms with Gasteiger partial charge >= 0.3 is 0 Å². The molecule has 0 aromatic carbocycles. The molecule has 0 radical (unpaired) electrons. The van der Waals surface area contributed by atoms with Gasteiger partial charge in [-0.3, -0.25) is 4.90 Å². The van der Waals surface area contributed by atoms with Crippen LogP contribution in [0.25, 0.3) is 0 Å². The van der Waals surface area contributed by atoms with Gasteiger partial charge < -0.3 is 5.73 Å². The first-order valence-electron chi connectivity index (χ1n) is 7.56. The molecule has 2 aliphatic rings. The molecule has 0 aliphatic carbocycles. The lowest BCUT2D eigenvalue weighted by molar-refractivity contribution is 0.108. The fourth-order valence-electron chi connectivity index (χ4n) is 3.88. The van der Waals surface area contributed by atoms with Crippen molar-refractivity contribution in [1.82, 2.24) is 4.90 Å². The fraction of sp³-hybridized carbons (Fsp3) is 1.00. The van der Waals surface area contributed by atoms with E-state index in [-0.39, 0.29) is 11.3 Å². The number of likely N-dealkylation sites (tertiary alicyclic amines) is 1. The normalized spacial score (nSPS) is 34.5. The Balaban J connectivity index is 2.19. The zero-order valence-corrected chi connectivity index (χ0v) is 13.1. The molecule has 2 aliphatic heterocycles. The van der Waals surface area contributed by atoms with E-state index < -0.39 is 9.84 Å². The van der Waals surface area contributed by atoms with E-state index in [4.69, 9.17) is 5.73 Å². The van der Waals surface area contributed by atoms with Crippen LogP contribution in [-0.2, 0) is 9.84 Å². The fourth-order valence-corrected chi connectivity index (χ4v) is 5.87. The van der Waals surface area contributed by atoms with E-state index >= 15 is 0 Å². The molecule has 1 unspecified atom stereocenters. The Labute approximate surface area is 117 Å². The first kappa shape index (κ1) is 15.3. The molecule has 1 atom stereocenters. The van der Waals surface area contributed by atoms with E-state index in [0.29, 0.717) is 17.7 Å². The van der Waals surface area contributed by atoms with Crippen molar-refractivity contribution < 1.29 is 8.42 Å². The van der Waals surface area contributed by atoms with Gasteiger partial charge in [0.2, 0.25) is 0 Å². The summed E-state index contributed by atoms with van der Waals surface area (Å²) in [6, 6.07) is 0. The van der Waals surface area contributed by atoms with Crippen LogP contribution < -0.4 is 5.73 Å². The average Bonchev–Trinajstić information content (AvgIpc) is 2.83. The van der Waals surface area contributed by atoms with Gasteiger partial charge in [-0.2, -0.15) is 0 Å². The Hall–Kier alpha value is -0.130. The molecule has 0 spiro atoms. The maximum atomic E-state index is 12.0. The van der Waals surface area contributed by atoms with Crippen molar-refractivity contribution in [2.24, 2.45) is 11.1 Å². The van der Waals surface area contributed by atoms with Crippen LogP contribution in [0.2, 0.25) is 0 Å². The number of hydrogen-bond donors (Lipinski definition) is 1. The minimum absolute atomic E-state index is 0.264. The number of hydrogen-bond acceptors (Lipinski definition) is 4. The molecule has 0 saturated carbocycles. The third-order valence-corrected chi connectivity index (χ3v) is 7.46. The van der Waals surface area contributed by atoms with E-state index in [1.165, 1.54) is 19.3 Å². The van der Waals surface area contributed by atoms with Crippen LogP contribution >= 0.6 is 0 Å². The van der Waals surface area contributed by atoms with E-state index in [1.807, 2.05) is 0 Å². The molecule has 2 saturated heterocycles. The standard InChI is InChI=1S/C14H28N2O2S/c1-3-13(4-2)7-8-16(11-13)14(10-15)6-5-9-19(17,18)12-14/h3-12,15H2,1-2H3. The van der Waals surface area contributed by atoms with E-state index in [9.17, 15) is 8.42 Å². The predicted octanol–water partition coefficient (Wildman–Crippen LogP) is 1.40. The number of sulfone groups is 1. The smallest absolute Gasteiger partial charge is 0.152 e. The highest BCUT2D eigenvalue weighted by Gasteiger charge is 2.48. The molecular weight excluding hydrogens is 260 g/mol. The summed E-state index contributed by atoms with van der Waals surface area (Å²) < 4.78 is 24.0. The van der Waals surface area contributed by atoms with Crippen LogP contribution in [0.3, 0.4) is 0 Å². The minimum Gasteiger partial charge on any atom is -0.329 e. The summed E-state index contributed by atoms with van der Waals surface area (Å²) in [5.41, 5.74) is 6.09. The monoisotopic (exact) mass is 288 g/mol. The van der Waals surface area contributed by atoms with Crippen LogP contribution in [0.15, 0.2) is 0 Å². The SMILES string of the molecule is CCC1(CC)CCN(C2(CN)CCCS(=O)(=O)C2)C1. The van der Waals surface area contributed by atoms with Crippen LogP contribution in [0.1, 0.15) is 46.0 Å². The van der Waals surface area contributed by atoms with Crippen molar-refractivity contribution in [3.05, 3.63) is 0 Å². The number of nitrogens with two attached hydrogens (primary N) is 1. The van der Waals surface area contributed by atoms with Gasteiger partial charge in [-0.25, -0.2) is 8.42 Å². The summed E-state index contributed by atoms with van der Waals surface area (Å²) in [4.78, 5) is 2.40. The van der Waals surface area contributed by atoms with Gasteiger partial charge in [0.1, 0.15) is 0 Å². The zero-order chi connectivity index (χ0) is 14.1. The quantitative estimate of drug-likeness (QED) is 0.849. The molecular formula is C14H28N2O2S. The Morgan fingerprint density at radius 3 is 2.37 bits per heavy atom. The molecule has 0 aromatic heterocycles. The highest BCUT2D eigenvalue weighted by Crippen LogP contribution is 2.42. The van der Waals surface area contributed by atoms with E-state index in [2.05, 4.69) is 18.7 Å². The predicted molar refractivity (Wildman–Crippen MR) is 78.9 cm³/mol. The topological polar surface area (TPSA) is 63.4 Å². The van der Waals surface area contributed by atoms with Gasteiger partial charge in [-0.05, 0) is 44.1 Å². The second kappa shape index (κ2) is 5.34. The van der Waals surface area contributed by atoms with Crippen molar-refractivity contribution in [3.63, 3.8) is 0 Å². The lowest BCUT2D eigenvalue weighted by atomic mass is 9.81. The van der Waals surface area contributed by atoms with Crippen LogP contribution in [0.4, 0.5) is 0 Å². The van der Waals surface area contributed by atoms with E-state index in [0.717, 1.165) is 25.9 Å². The summed E-state index contributed by atoms with van der Waals surface area (Å²) in [5, 5.41) is 0. The molecule has 112 valence electrons. The zero-order valence-electron chi connectivity index (χ0n) is 12.3. The summed E-state index contributed by atoms with van der Waals surface area (Å²) in [6.07, 6.45) is 5.23. The highest BCUT2D eigenvalue weighted by atomic mass is 32.2. The second-order valence-electron chi connectivity index (χ2n) is 6.50. The number of nitrogens with zero attached hydrogens (tertiary/aromatic N) is 1. The highest BCUT2D eigenvalue weighted by molar-refractivity contribution is 7.91. The van der Waals surface area contributed by atoms with Gasteiger partial charge in [-0.1, -0.05) is 13.8 Å². The lowest BCUT2D eigenvalue weighted by Gasteiger charge is -2.44. The van der Waals surface area contributed by atoms with Crippen molar-refractivity contribution >= 4 is 9.84 Å². The maximum Gasteiger partial charge on any atom is 0.152 e. The lowest BCUT2D eigenvalue weighted by Crippen LogP contribution is -2.59. The Morgan fingerprint density at radius 1 is 1.21 bits per heavy atom. The number of rotatable bonds is 4. The Bertz CT molecular complexity index is 417. The molecule has 2 fully saturated rings. The van der Waals surface area contributed by atoms with Crippen molar-refractivity contribution in [3.8, 4) is 0 Å². The van der Waals surface area contributed by atoms with Crippen LogP contribution in [0.5, 0.6) is 0 Å². The van der Waals surface area contributed by atoms with Gasteiger partial charge in [0, 0.05) is 18.6 Å². The summed E-state index contributed by atoms with van der Waals surface area (Å²) in [7, 11) is -2.91. The Morgan fingerprint density at radius 2 is 1.89 bits per heavy atom. The van der Waals surface area contributed by atoms with Crippen molar-refractivity contribution in [1.29, 1.82) is 0 Å². The van der Waals surface area contributed by atoms with Crippen LogP contribution in [0, 0.1) is 5.41 Å².